The highest BCUT2D eigenvalue weighted by Crippen LogP contribution is 2.34. The highest BCUT2D eigenvalue weighted by molar-refractivity contribution is 9.10. The SMILES string of the molecule is Cc1cc(C)cc(NC(=O)CN2C(=O)S/C(=C/c3ccc(OCc4ccccc4)c(Br)c3)C2=O)c1. The number of amides is 3. The van der Waals surface area contributed by atoms with Gasteiger partial charge < -0.3 is 10.1 Å². The number of hydrogen-bond acceptors (Lipinski definition) is 5. The highest BCUT2D eigenvalue weighted by atomic mass is 79.9. The molecule has 0 radical (unpaired) electrons. The third kappa shape index (κ3) is 6.41. The minimum Gasteiger partial charge on any atom is -0.488 e. The number of benzene rings is 3. The van der Waals surface area contributed by atoms with E-state index in [4.69, 9.17) is 4.74 Å². The minimum absolute atomic E-state index is 0.263. The summed E-state index contributed by atoms with van der Waals surface area (Å²) >= 11 is 4.33. The van der Waals surface area contributed by atoms with Crippen LogP contribution in [0.5, 0.6) is 5.75 Å². The van der Waals surface area contributed by atoms with Gasteiger partial charge >= 0.3 is 0 Å². The van der Waals surface area contributed by atoms with Crippen molar-refractivity contribution in [1.29, 1.82) is 0 Å². The van der Waals surface area contributed by atoms with Crippen molar-refractivity contribution < 1.29 is 19.1 Å². The average molecular weight is 551 g/mol. The van der Waals surface area contributed by atoms with Gasteiger partial charge in [0.1, 0.15) is 18.9 Å². The second-order valence-electron chi connectivity index (χ2n) is 8.16. The zero-order valence-electron chi connectivity index (χ0n) is 19.2. The number of aryl methyl sites for hydroxylation is 2. The quantitative estimate of drug-likeness (QED) is 0.348. The molecular weight excluding hydrogens is 528 g/mol. The van der Waals surface area contributed by atoms with Crippen molar-refractivity contribution in [1.82, 2.24) is 4.90 Å². The van der Waals surface area contributed by atoms with E-state index >= 15 is 0 Å². The van der Waals surface area contributed by atoms with Crippen LogP contribution in [0.15, 0.2) is 76.1 Å². The summed E-state index contributed by atoms with van der Waals surface area (Å²) in [6.45, 7) is 3.96. The number of rotatable bonds is 7. The Morgan fingerprint density at radius 3 is 2.43 bits per heavy atom. The number of nitrogens with one attached hydrogen (secondary N) is 1. The molecule has 8 heteroatoms. The van der Waals surface area contributed by atoms with Crippen molar-refractivity contribution in [3.8, 4) is 5.75 Å². The second-order valence-corrected chi connectivity index (χ2v) is 10.0. The van der Waals surface area contributed by atoms with E-state index in [0.29, 0.717) is 18.0 Å². The van der Waals surface area contributed by atoms with Crippen LogP contribution >= 0.6 is 27.7 Å². The molecule has 6 nitrogen and oxygen atoms in total. The first kappa shape index (κ1) is 24.8. The van der Waals surface area contributed by atoms with E-state index in [1.807, 2.05) is 74.5 Å². The van der Waals surface area contributed by atoms with E-state index in [-0.39, 0.29) is 11.4 Å². The van der Waals surface area contributed by atoms with Gasteiger partial charge in [-0.2, -0.15) is 0 Å². The number of hydrogen-bond donors (Lipinski definition) is 1. The van der Waals surface area contributed by atoms with E-state index in [2.05, 4.69) is 21.2 Å². The van der Waals surface area contributed by atoms with Crippen molar-refractivity contribution in [3.05, 3.63) is 98.4 Å². The summed E-state index contributed by atoms with van der Waals surface area (Å²) < 4.78 is 6.59. The molecule has 1 saturated heterocycles. The number of halogens is 1. The lowest BCUT2D eigenvalue weighted by Crippen LogP contribution is -2.36. The summed E-state index contributed by atoms with van der Waals surface area (Å²) in [7, 11) is 0. The number of carbonyl (C=O) groups is 3. The maximum Gasteiger partial charge on any atom is 0.294 e. The van der Waals surface area contributed by atoms with Crippen molar-refractivity contribution in [2.45, 2.75) is 20.5 Å². The molecule has 0 aromatic heterocycles. The largest absolute Gasteiger partial charge is 0.488 e. The van der Waals surface area contributed by atoms with Gasteiger partial charge in [-0.25, -0.2) is 0 Å². The van der Waals surface area contributed by atoms with Gasteiger partial charge in [0.25, 0.3) is 11.1 Å². The summed E-state index contributed by atoms with van der Waals surface area (Å²) in [5.41, 5.74) is 4.44. The topological polar surface area (TPSA) is 75.7 Å². The number of imide groups is 1. The van der Waals surface area contributed by atoms with E-state index in [1.54, 1.807) is 12.1 Å². The molecule has 3 aromatic rings. The molecular formula is C27H23BrN2O4S. The smallest absolute Gasteiger partial charge is 0.294 e. The number of ether oxygens (including phenoxy) is 1. The molecule has 1 aliphatic rings. The maximum absolute atomic E-state index is 12.8. The molecule has 3 amide bonds. The summed E-state index contributed by atoms with van der Waals surface area (Å²) in [6.07, 6.45) is 1.64. The first-order valence-electron chi connectivity index (χ1n) is 10.9. The monoisotopic (exact) mass is 550 g/mol. The normalized spacial score (nSPS) is 14.5. The van der Waals surface area contributed by atoms with Crippen LogP contribution in [0.3, 0.4) is 0 Å². The Hall–Kier alpha value is -3.36. The first-order chi connectivity index (χ1) is 16.8. The molecule has 35 heavy (non-hydrogen) atoms. The molecule has 0 saturated carbocycles. The maximum atomic E-state index is 12.8. The standard InChI is InChI=1S/C27H23BrN2O4S/c1-17-10-18(2)12-21(11-17)29-25(31)15-30-26(32)24(35-27(30)33)14-20-8-9-23(22(28)13-20)34-16-19-6-4-3-5-7-19/h3-14H,15-16H2,1-2H3,(H,29,31)/b24-14+. The zero-order chi connectivity index (χ0) is 24.9. The van der Waals surface area contributed by atoms with Crippen LogP contribution in [0.25, 0.3) is 6.08 Å². The van der Waals surface area contributed by atoms with E-state index in [0.717, 1.165) is 43.4 Å². The highest BCUT2D eigenvalue weighted by Gasteiger charge is 2.36. The predicted octanol–water partition coefficient (Wildman–Crippen LogP) is 6.32. The van der Waals surface area contributed by atoms with Gasteiger partial charge in [0.2, 0.25) is 5.91 Å². The van der Waals surface area contributed by atoms with Gasteiger partial charge in [-0.1, -0.05) is 42.5 Å². The molecule has 178 valence electrons. The molecule has 1 fully saturated rings. The Kier molecular flexibility index (Phi) is 7.73. The number of thioether (sulfide) groups is 1. The Labute approximate surface area is 216 Å². The molecule has 0 aliphatic carbocycles. The summed E-state index contributed by atoms with van der Waals surface area (Å²) in [5.74, 6) is -0.250. The lowest BCUT2D eigenvalue weighted by Gasteiger charge is -2.13. The van der Waals surface area contributed by atoms with Gasteiger partial charge in [-0.3, -0.25) is 19.3 Å². The first-order valence-corrected chi connectivity index (χ1v) is 12.5. The second kappa shape index (κ2) is 10.9. The number of nitrogens with zero attached hydrogens (tertiary/aromatic N) is 1. The Morgan fingerprint density at radius 1 is 1.03 bits per heavy atom. The zero-order valence-corrected chi connectivity index (χ0v) is 21.6. The Morgan fingerprint density at radius 2 is 1.74 bits per heavy atom. The Balaban J connectivity index is 1.40. The van der Waals surface area contributed by atoms with Gasteiger partial charge in [-0.15, -0.1) is 0 Å². The van der Waals surface area contributed by atoms with Crippen molar-refractivity contribution >= 4 is 56.5 Å². The van der Waals surface area contributed by atoms with Crippen molar-refractivity contribution in [2.75, 3.05) is 11.9 Å². The summed E-state index contributed by atoms with van der Waals surface area (Å²) in [6, 6.07) is 20.9. The Bertz CT molecular complexity index is 1300. The van der Waals surface area contributed by atoms with Gasteiger partial charge in [0.05, 0.1) is 9.38 Å². The lowest BCUT2D eigenvalue weighted by atomic mass is 10.1. The third-order valence-corrected chi connectivity index (χ3v) is 6.70. The molecule has 0 spiro atoms. The van der Waals surface area contributed by atoms with Crippen LogP contribution in [-0.2, 0) is 16.2 Å². The molecule has 1 heterocycles. The molecule has 4 rings (SSSR count). The third-order valence-electron chi connectivity index (χ3n) is 5.17. The molecule has 1 aliphatic heterocycles. The fourth-order valence-corrected chi connectivity index (χ4v) is 4.99. The van der Waals surface area contributed by atoms with Crippen LogP contribution in [-0.4, -0.2) is 28.5 Å². The van der Waals surface area contributed by atoms with E-state index < -0.39 is 17.1 Å². The molecule has 3 aromatic carbocycles. The van der Waals surface area contributed by atoms with Gasteiger partial charge in [0, 0.05) is 5.69 Å². The van der Waals surface area contributed by atoms with Crippen LogP contribution < -0.4 is 10.1 Å². The fourth-order valence-electron chi connectivity index (χ4n) is 3.64. The minimum atomic E-state index is -0.490. The van der Waals surface area contributed by atoms with E-state index in [1.165, 1.54) is 0 Å². The van der Waals surface area contributed by atoms with Crippen LogP contribution in [0, 0.1) is 13.8 Å². The molecule has 1 N–H and O–H groups in total. The number of carbonyl (C=O) groups excluding carboxylic acids is 3. The summed E-state index contributed by atoms with van der Waals surface area (Å²) in [5, 5.41) is 2.29. The van der Waals surface area contributed by atoms with Crippen molar-refractivity contribution in [2.24, 2.45) is 0 Å². The summed E-state index contributed by atoms with van der Waals surface area (Å²) in [4.78, 5) is 39.0. The predicted molar refractivity (Wildman–Crippen MR) is 142 cm³/mol. The van der Waals surface area contributed by atoms with Crippen LogP contribution in [0.4, 0.5) is 10.5 Å². The van der Waals surface area contributed by atoms with Gasteiger partial charge in [0.15, 0.2) is 0 Å². The fraction of sp³-hybridized carbons (Fsp3) is 0.148. The van der Waals surface area contributed by atoms with Gasteiger partial charge in [-0.05, 0) is 94.1 Å². The molecule has 0 atom stereocenters. The van der Waals surface area contributed by atoms with Crippen molar-refractivity contribution in [3.63, 3.8) is 0 Å². The molecule has 0 bridgehead atoms. The van der Waals surface area contributed by atoms with E-state index in [9.17, 15) is 14.4 Å². The number of anilines is 1. The average Bonchev–Trinajstić information content (AvgIpc) is 3.05. The van der Waals surface area contributed by atoms with Crippen LogP contribution in [0.2, 0.25) is 0 Å². The van der Waals surface area contributed by atoms with Crippen LogP contribution in [0.1, 0.15) is 22.3 Å². The molecule has 0 unspecified atom stereocenters. The lowest BCUT2D eigenvalue weighted by molar-refractivity contribution is -0.127.